The van der Waals surface area contributed by atoms with Crippen LogP contribution in [-0.2, 0) is 0 Å². The summed E-state index contributed by atoms with van der Waals surface area (Å²) in [6, 6.07) is 0.0282. The first-order valence-corrected chi connectivity index (χ1v) is 7.19. The molecule has 1 saturated heterocycles. The third kappa shape index (κ3) is 2.68. The van der Waals surface area contributed by atoms with Gasteiger partial charge in [0.1, 0.15) is 0 Å². The number of alkyl halides is 3. The molecule has 7 heteroatoms. The zero-order valence-corrected chi connectivity index (χ0v) is 11.1. The van der Waals surface area contributed by atoms with E-state index in [1.165, 1.54) is 0 Å². The van der Waals surface area contributed by atoms with Gasteiger partial charge >= 0.3 is 6.18 Å². The largest absolute Gasteiger partial charge is 0.392 e. The lowest BCUT2D eigenvalue weighted by Gasteiger charge is -2.30. The Morgan fingerprint density at radius 1 is 1.10 bits per heavy atom. The summed E-state index contributed by atoms with van der Waals surface area (Å²) in [5.41, 5.74) is 0. The highest BCUT2D eigenvalue weighted by Gasteiger charge is 2.48. The standard InChI is InChI=1S/C13H18F3N3O/c14-13(15,16)9-5-2-1-4-8(9)12-18-11(19-20-12)10-6-3-7-17-10/h8-10,17H,1-7H2. The van der Waals surface area contributed by atoms with Gasteiger partial charge in [-0.2, -0.15) is 18.2 Å². The molecule has 1 aromatic heterocycles. The van der Waals surface area contributed by atoms with Gasteiger partial charge in [0.05, 0.1) is 12.0 Å². The quantitative estimate of drug-likeness (QED) is 0.907. The van der Waals surface area contributed by atoms with Gasteiger partial charge in [0.2, 0.25) is 5.89 Å². The fourth-order valence-electron chi connectivity index (χ4n) is 3.26. The number of aromatic nitrogens is 2. The van der Waals surface area contributed by atoms with E-state index in [0.29, 0.717) is 18.7 Å². The van der Waals surface area contributed by atoms with Gasteiger partial charge in [-0.1, -0.05) is 18.0 Å². The van der Waals surface area contributed by atoms with E-state index in [2.05, 4.69) is 15.5 Å². The van der Waals surface area contributed by atoms with Crippen molar-refractivity contribution in [3.8, 4) is 0 Å². The van der Waals surface area contributed by atoms with Crippen LogP contribution < -0.4 is 5.32 Å². The third-order valence-corrected chi connectivity index (χ3v) is 4.33. The maximum Gasteiger partial charge on any atom is 0.392 e. The van der Waals surface area contributed by atoms with E-state index in [1.807, 2.05) is 0 Å². The second kappa shape index (κ2) is 5.35. The Morgan fingerprint density at radius 3 is 2.60 bits per heavy atom. The molecule has 1 aliphatic heterocycles. The van der Waals surface area contributed by atoms with Gasteiger partial charge in [0.25, 0.3) is 0 Å². The summed E-state index contributed by atoms with van der Waals surface area (Å²) < 4.78 is 44.4. The van der Waals surface area contributed by atoms with E-state index >= 15 is 0 Å². The number of hydrogen-bond donors (Lipinski definition) is 1. The molecule has 1 N–H and O–H groups in total. The Bertz CT molecular complexity index is 454. The van der Waals surface area contributed by atoms with E-state index in [1.54, 1.807) is 0 Å². The summed E-state index contributed by atoms with van der Waals surface area (Å²) in [6.45, 7) is 0.892. The van der Waals surface area contributed by atoms with Crippen LogP contribution in [0.3, 0.4) is 0 Å². The van der Waals surface area contributed by atoms with Crippen LogP contribution >= 0.6 is 0 Å². The first kappa shape index (κ1) is 13.9. The van der Waals surface area contributed by atoms with Crippen LogP contribution in [0.25, 0.3) is 0 Å². The van der Waals surface area contributed by atoms with E-state index in [-0.39, 0.29) is 18.4 Å². The SMILES string of the molecule is FC(F)(F)C1CCCCC1c1nc(C2CCCN2)no1. The van der Waals surface area contributed by atoms with Crippen molar-refractivity contribution in [2.45, 2.75) is 56.7 Å². The average molecular weight is 289 g/mol. The normalized spacial score (nSPS) is 31.6. The fraction of sp³-hybridized carbons (Fsp3) is 0.846. The lowest BCUT2D eigenvalue weighted by molar-refractivity contribution is -0.189. The second-order valence-corrected chi connectivity index (χ2v) is 5.68. The fourth-order valence-corrected chi connectivity index (χ4v) is 3.26. The topological polar surface area (TPSA) is 51.0 Å². The summed E-state index contributed by atoms with van der Waals surface area (Å²) in [6.07, 6.45) is -0.208. The summed E-state index contributed by atoms with van der Waals surface area (Å²) in [4.78, 5) is 4.24. The van der Waals surface area contributed by atoms with Crippen molar-refractivity contribution < 1.29 is 17.7 Å². The highest BCUT2D eigenvalue weighted by Crippen LogP contribution is 2.46. The monoisotopic (exact) mass is 289 g/mol. The molecular formula is C13H18F3N3O. The van der Waals surface area contributed by atoms with Gasteiger partial charge in [-0.3, -0.25) is 0 Å². The highest BCUT2D eigenvalue weighted by atomic mass is 19.4. The molecule has 0 aromatic carbocycles. The molecule has 0 spiro atoms. The van der Waals surface area contributed by atoms with Gasteiger partial charge < -0.3 is 9.84 Å². The molecule has 2 fully saturated rings. The maximum absolute atomic E-state index is 13.1. The van der Waals surface area contributed by atoms with Gasteiger partial charge in [-0.05, 0) is 32.2 Å². The van der Waals surface area contributed by atoms with E-state index in [4.69, 9.17) is 4.52 Å². The molecule has 1 aromatic rings. The van der Waals surface area contributed by atoms with E-state index in [9.17, 15) is 13.2 Å². The molecular weight excluding hydrogens is 271 g/mol. The molecule has 2 heterocycles. The highest BCUT2D eigenvalue weighted by molar-refractivity contribution is 5.03. The Morgan fingerprint density at radius 2 is 1.90 bits per heavy atom. The molecule has 3 atom stereocenters. The lowest BCUT2D eigenvalue weighted by atomic mass is 9.78. The summed E-state index contributed by atoms with van der Waals surface area (Å²) in [5, 5.41) is 7.10. The number of halogens is 3. The molecule has 0 amide bonds. The van der Waals surface area contributed by atoms with Crippen molar-refractivity contribution in [3.05, 3.63) is 11.7 Å². The molecule has 1 aliphatic carbocycles. The predicted molar refractivity (Wildman–Crippen MR) is 65.0 cm³/mol. The minimum absolute atomic E-state index is 0.0282. The zero-order valence-electron chi connectivity index (χ0n) is 11.1. The van der Waals surface area contributed by atoms with E-state index < -0.39 is 18.0 Å². The van der Waals surface area contributed by atoms with Crippen LogP contribution in [0.2, 0.25) is 0 Å². The van der Waals surface area contributed by atoms with Crippen LogP contribution in [0.1, 0.15) is 62.2 Å². The van der Waals surface area contributed by atoms with Crippen molar-refractivity contribution in [1.29, 1.82) is 0 Å². The van der Waals surface area contributed by atoms with Crippen LogP contribution in [0.4, 0.5) is 13.2 Å². The molecule has 4 nitrogen and oxygen atoms in total. The Hall–Kier alpha value is -1.11. The van der Waals surface area contributed by atoms with Gasteiger partial charge in [0, 0.05) is 5.92 Å². The molecule has 1 saturated carbocycles. The third-order valence-electron chi connectivity index (χ3n) is 4.33. The number of rotatable bonds is 2. The molecule has 2 aliphatic rings. The van der Waals surface area contributed by atoms with Gasteiger partial charge in [-0.15, -0.1) is 0 Å². The van der Waals surface area contributed by atoms with Gasteiger partial charge in [-0.25, -0.2) is 0 Å². The molecule has 3 rings (SSSR count). The summed E-state index contributed by atoms with van der Waals surface area (Å²) >= 11 is 0. The molecule has 20 heavy (non-hydrogen) atoms. The first-order chi connectivity index (χ1) is 9.55. The summed E-state index contributed by atoms with van der Waals surface area (Å²) in [5.74, 6) is -1.35. The molecule has 112 valence electrons. The number of nitrogens with one attached hydrogen (secondary N) is 1. The maximum atomic E-state index is 13.1. The summed E-state index contributed by atoms with van der Waals surface area (Å²) in [7, 11) is 0. The zero-order chi connectivity index (χ0) is 14.2. The van der Waals surface area contributed by atoms with Crippen LogP contribution in [0.5, 0.6) is 0 Å². The van der Waals surface area contributed by atoms with Crippen molar-refractivity contribution in [3.63, 3.8) is 0 Å². The Balaban J connectivity index is 1.79. The molecule has 0 radical (unpaired) electrons. The predicted octanol–water partition coefficient (Wildman–Crippen LogP) is 3.33. The minimum Gasteiger partial charge on any atom is -0.339 e. The Kier molecular flexibility index (Phi) is 3.70. The van der Waals surface area contributed by atoms with E-state index in [0.717, 1.165) is 25.8 Å². The second-order valence-electron chi connectivity index (χ2n) is 5.68. The molecule has 3 unspecified atom stereocenters. The van der Waals surface area contributed by atoms with Gasteiger partial charge in [0.15, 0.2) is 5.82 Å². The van der Waals surface area contributed by atoms with Crippen LogP contribution in [-0.4, -0.2) is 22.9 Å². The number of hydrogen-bond acceptors (Lipinski definition) is 4. The molecule has 0 bridgehead atoms. The van der Waals surface area contributed by atoms with Crippen LogP contribution in [0.15, 0.2) is 4.52 Å². The average Bonchev–Trinajstić information content (AvgIpc) is 3.09. The minimum atomic E-state index is -4.19. The van der Waals surface area contributed by atoms with Crippen molar-refractivity contribution >= 4 is 0 Å². The van der Waals surface area contributed by atoms with Crippen molar-refractivity contribution in [2.75, 3.05) is 6.54 Å². The smallest absolute Gasteiger partial charge is 0.339 e. The number of nitrogens with zero attached hydrogens (tertiary/aromatic N) is 2. The van der Waals surface area contributed by atoms with Crippen molar-refractivity contribution in [2.24, 2.45) is 5.92 Å². The Labute approximate surface area is 115 Å². The van der Waals surface area contributed by atoms with Crippen LogP contribution in [0, 0.1) is 5.92 Å². The lowest BCUT2D eigenvalue weighted by Crippen LogP contribution is -2.31. The first-order valence-electron chi connectivity index (χ1n) is 7.19. The van der Waals surface area contributed by atoms with Crippen molar-refractivity contribution in [1.82, 2.24) is 15.5 Å².